The molecule has 0 radical (unpaired) electrons. The molecule has 138 valence electrons. The first-order valence-electron chi connectivity index (χ1n) is 9.07. The average molecular weight is 362 g/mol. The molecule has 4 rings (SSSR count). The van der Waals surface area contributed by atoms with Crippen molar-refractivity contribution in [2.45, 2.75) is 19.4 Å². The molecule has 1 N–H and O–H groups in total. The summed E-state index contributed by atoms with van der Waals surface area (Å²) in [4.78, 5) is 12.7. The van der Waals surface area contributed by atoms with Gasteiger partial charge in [-0.15, -0.1) is 0 Å². The number of nitrogens with zero attached hydrogens (tertiary/aromatic N) is 1. The zero-order chi connectivity index (χ0) is 18.6. The number of hydrogen-bond donors (Lipinski definition) is 1. The minimum atomic E-state index is -0.0576. The molecule has 0 fully saturated rings. The highest BCUT2D eigenvalue weighted by atomic mass is 16.6. The Bertz CT molecular complexity index is 917. The number of benzene rings is 2. The minimum absolute atomic E-state index is 0.0500. The van der Waals surface area contributed by atoms with Crippen LogP contribution in [0.25, 0.3) is 0 Å². The molecule has 1 aliphatic rings. The molecule has 1 atom stereocenters. The Morgan fingerprint density at radius 1 is 1.04 bits per heavy atom. The van der Waals surface area contributed by atoms with Gasteiger partial charge in [0.2, 0.25) is 5.91 Å². The third-order valence-corrected chi connectivity index (χ3v) is 4.65. The average Bonchev–Trinajstić information content (AvgIpc) is 3.21. The number of nitrogens with one attached hydrogen (secondary N) is 1. The second-order valence-corrected chi connectivity index (χ2v) is 6.67. The van der Waals surface area contributed by atoms with Crippen LogP contribution in [0.1, 0.15) is 23.6 Å². The fourth-order valence-corrected chi connectivity index (χ4v) is 3.25. The number of fused-ring (bicyclic) bond motifs is 1. The summed E-state index contributed by atoms with van der Waals surface area (Å²) < 4.78 is 13.2. The highest BCUT2D eigenvalue weighted by molar-refractivity contribution is 5.91. The first kappa shape index (κ1) is 17.2. The molecule has 27 heavy (non-hydrogen) atoms. The molecule has 0 spiro atoms. The molecule has 0 aliphatic carbocycles. The summed E-state index contributed by atoms with van der Waals surface area (Å²) in [5, 5.41) is 2.98. The van der Waals surface area contributed by atoms with E-state index in [-0.39, 0.29) is 11.9 Å². The topological polar surface area (TPSA) is 52.5 Å². The Hall–Kier alpha value is -3.21. The molecule has 1 aromatic heterocycles. The number of aromatic nitrogens is 1. The highest BCUT2D eigenvalue weighted by Crippen LogP contribution is 2.33. The molecule has 0 bridgehead atoms. The van der Waals surface area contributed by atoms with Crippen LogP contribution in [-0.4, -0.2) is 23.7 Å². The second-order valence-electron chi connectivity index (χ2n) is 6.67. The van der Waals surface area contributed by atoms with Crippen LogP contribution >= 0.6 is 0 Å². The lowest BCUT2D eigenvalue weighted by Crippen LogP contribution is -2.20. The lowest BCUT2D eigenvalue weighted by Gasteiger charge is -2.21. The predicted molar refractivity (Wildman–Crippen MR) is 104 cm³/mol. The Morgan fingerprint density at radius 2 is 1.74 bits per heavy atom. The van der Waals surface area contributed by atoms with Crippen molar-refractivity contribution in [1.82, 2.24) is 4.57 Å². The van der Waals surface area contributed by atoms with Crippen molar-refractivity contribution >= 4 is 11.6 Å². The Balaban J connectivity index is 1.51. The largest absolute Gasteiger partial charge is 0.486 e. The van der Waals surface area contributed by atoms with E-state index in [2.05, 4.69) is 41.1 Å². The van der Waals surface area contributed by atoms with Gasteiger partial charge in [-0.05, 0) is 36.8 Å². The standard InChI is InChI=1S/C22H22N2O3/c1-16-4-6-17(7-5-16)19(24-10-2-3-11-24)15-22(25)23-18-8-9-20-21(14-18)27-13-12-26-20/h2-11,14,19H,12-13,15H2,1H3,(H,23,25). The molecule has 3 aromatic rings. The van der Waals surface area contributed by atoms with Crippen molar-refractivity contribution in [3.8, 4) is 11.5 Å². The van der Waals surface area contributed by atoms with Crippen molar-refractivity contribution in [2.75, 3.05) is 18.5 Å². The number of carbonyl (C=O) groups excluding carboxylic acids is 1. The first-order valence-corrected chi connectivity index (χ1v) is 9.07. The Morgan fingerprint density at radius 3 is 2.48 bits per heavy atom. The Kier molecular flexibility index (Phi) is 4.83. The van der Waals surface area contributed by atoms with E-state index < -0.39 is 0 Å². The third-order valence-electron chi connectivity index (χ3n) is 4.65. The van der Waals surface area contributed by atoms with E-state index in [4.69, 9.17) is 9.47 Å². The van der Waals surface area contributed by atoms with Gasteiger partial charge in [-0.25, -0.2) is 0 Å². The van der Waals surface area contributed by atoms with Gasteiger partial charge in [0.25, 0.3) is 0 Å². The Labute approximate surface area is 158 Å². The zero-order valence-corrected chi connectivity index (χ0v) is 15.2. The van der Waals surface area contributed by atoms with Gasteiger partial charge in [0.15, 0.2) is 11.5 Å². The fraction of sp³-hybridized carbons (Fsp3) is 0.227. The van der Waals surface area contributed by atoms with Crippen molar-refractivity contribution in [3.63, 3.8) is 0 Å². The van der Waals surface area contributed by atoms with Gasteiger partial charge in [-0.1, -0.05) is 29.8 Å². The molecule has 1 unspecified atom stereocenters. The molecular weight excluding hydrogens is 340 g/mol. The normalized spacial score (nSPS) is 13.8. The maximum Gasteiger partial charge on any atom is 0.226 e. The highest BCUT2D eigenvalue weighted by Gasteiger charge is 2.18. The zero-order valence-electron chi connectivity index (χ0n) is 15.2. The molecule has 2 aromatic carbocycles. The van der Waals surface area contributed by atoms with Crippen LogP contribution in [-0.2, 0) is 4.79 Å². The van der Waals surface area contributed by atoms with E-state index in [0.29, 0.717) is 36.8 Å². The van der Waals surface area contributed by atoms with E-state index in [1.165, 1.54) is 5.56 Å². The monoisotopic (exact) mass is 362 g/mol. The van der Waals surface area contributed by atoms with Crippen molar-refractivity contribution in [3.05, 3.63) is 78.1 Å². The summed E-state index contributed by atoms with van der Waals surface area (Å²) in [7, 11) is 0. The summed E-state index contributed by atoms with van der Waals surface area (Å²) in [6, 6.07) is 17.7. The molecule has 0 saturated heterocycles. The smallest absolute Gasteiger partial charge is 0.226 e. The van der Waals surface area contributed by atoms with Crippen LogP contribution in [0.5, 0.6) is 11.5 Å². The maximum atomic E-state index is 12.7. The third kappa shape index (κ3) is 3.97. The number of carbonyl (C=O) groups is 1. The molecular formula is C22H22N2O3. The number of ether oxygens (including phenoxy) is 2. The molecule has 1 amide bonds. The van der Waals surface area contributed by atoms with Gasteiger partial charge < -0.3 is 19.4 Å². The van der Waals surface area contributed by atoms with Crippen LogP contribution in [0.15, 0.2) is 67.0 Å². The quantitative estimate of drug-likeness (QED) is 0.741. The van der Waals surface area contributed by atoms with Crippen LogP contribution in [0.3, 0.4) is 0 Å². The second kappa shape index (κ2) is 7.58. The SMILES string of the molecule is Cc1ccc(C(CC(=O)Nc2ccc3c(c2)OCCO3)n2cccc2)cc1. The van der Waals surface area contributed by atoms with E-state index in [0.717, 1.165) is 5.56 Å². The van der Waals surface area contributed by atoms with Gasteiger partial charge in [0.1, 0.15) is 13.2 Å². The summed E-state index contributed by atoms with van der Waals surface area (Å²) in [6.45, 7) is 3.13. The molecule has 5 heteroatoms. The van der Waals surface area contributed by atoms with E-state index >= 15 is 0 Å². The lowest BCUT2D eigenvalue weighted by molar-refractivity contribution is -0.116. The number of amides is 1. The van der Waals surface area contributed by atoms with E-state index in [1.807, 2.05) is 42.7 Å². The summed E-state index contributed by atoms with van der Waals surface area (Å²) in [6.07, 6.45) is 4.32. The summed E-state index contributed by atoms with van der Waals surface area (Å²) in [5.41, 5.74) is 3.01. The van der Waals surface area contributed by atoms with Gasteiger partial charge in [0, 0.05) is 24.1 Å². The van der Waals surface area contributed by atoms with Gasteiger partial charge in [-0.2, -0.15) is 0 Å². The van der Waals surface area contributed by atoms with Crippen molar-refractivity contribution < 1.29 is 14.3 Å². The lowest BCUT2D eigenvalue weighted by atomic mass is 10.0. The first-order chi connectivity index (χ1) is 13.2. The van der Waals surface area contributed by atoms with Crippen molar-refractivity contribution in [1.29, 1.82) is 0 Å². The van der Waals surface area contributed by atoms with Gasteiger partial charge in [0.05, 0.1) is 12.5 Å². The van der Waals surface area contributed by atoms with Crippen molar-refractivity contribution in [2.24, 2.45) is 0 Å². The molecule has 0 saturated carbocycles. The van der Waals surface area contributed by atoms with Gasteiger partial charge in [-0.3, -0.25) is 4.79 Å². The maximum absolute atomic E-state index is 12.7. The summed E-state index contributed by atoms with van der Waals surface area (Å²) >= 11 is 0. The van der Waals surface area contributed by atoms with Crippen LogP contribution < -0.4 is 14.8 Å². The predicted octanol–water partition coefficient (Wildman–Crippen LogP) is 4.19. The number of hydrogen-bond acceptors (Lipinski definition) is 3. The van der Waals surface area contributed by atoms with Crippen LogP contribution in [0.4, 0.5) is 5.69 Å². The summed E-state index contributed by atoms with van der Waals surface area (Å²) in [5.74, 6) is 1.33. The number of aryl methyl sites for hydroxylation is 1. The van der Waals surface area contributed by atoms with E-state index in [9.17, 15) is 4.79 Å². The minimum Gasteiger partial charge on any atom is -0.486 e. The fourth-order valence-electron chi connectivity index (χ4n) is 3.25. The van der Waals surface area contributed by atoms with E-state index in [1.54, 1.807) is 0 Å². The van der Waals surface area contributed by atoms with Crippen LogP contribution in [0, 0.1) is 6.92 Å². The molecule has 2 heterocycles. The van der Waals surface area contributed by atoms with Gasteiger partial charge >= 0.3 is 0 Å². The van der Waals surface area contributed by atoms with Crippen LogP contribution in [0.2, 0.25) is 0 Å². The molecule has 5 nitrogen and oxygen atoms in total. The molecule has 1 aliphatic heterocycles. The number of rotatable bonds is 5. The number of anilines is 1.